The van der Waals surface area contributed by atoms with Crippen LogP contribution in [-0.2, 0) is 0 Å². The maximum Gasteiger partial charge on any atom is 0.159 e. The van der Waals surface area contributed by atoms with Crippen molar-refractivity contribution in [3.8, 4) is 5.75 Å². The van der Waals surface area contributed by atoms with E-state index in [1.165, 1.54) is 0 Å². The van der Waals surface area contributed by atoms with Crippen LogP contribution >= 0.6 is 11.8 Å². The van der Waals surface area contributed by atoms with Crippen molar-refractivity contribution >= 4 is 28.9 Å². The van der Waals surface area contributed by atoms with Crippen molar-refractivity contribution in [2.75, 3.05) is 12.4 Å². The Morgan fingerprint density at radius 3 is 2.68 bits per heavy atom. The molecular weight excluding hydrogens is 258 g/mol. The lowest BCUT2D eigenvalue weighted by Crippen LogP contribution is -2.02. The van der Waals surface area contributed by atoms with Gasteiger partial charge in [0.15, 0.2) is 5.78 Å². The number of carbonyl (C=O) groups is 1. The monoisotopic (exact) mass is 271 g/mol. The maximum absolute atomic E-state index is 11.4. The number of methoxy groups -OCH3 is 1. The highest BCUT2D eigenvalue weighted by Crippen LogP contribution is 2.45. The van der Waals surface area contributed by atoms with Crippen molar-refractivity contribution in [3.63, 3.8) is 0 Å². The van der Waals surface area contributed by atoms with Gasteiger partial charge < -0.3 is 10.1 Å². The molecule has 0 amide bonds. The third-order valence-corrected chi connectivity index (χ3v) is 4.20. The zero-order chi connectivity index (χ0) is 13.4. The van der Waals surface area contributed by atoms with Crippen LogP contribution in [0.5, 0.6) is 5.75 Å². The first kappa shape index (κ1) is 12.1. The smallest absolute Gasteiger partial charge is 0.159 e. The molecule has 3 rings (SSSR count). The van der Waals surface area contributed by atoms with Gasteiger partial charge >= 0.3 is 0 Å². The molecule has 0 saturated heterocycles. The number of anilines is 2. The number of carbonyl (C=O) groups excluding carboxylic acids is 1. The second-order valence-corrected chi connectivity index (χ2v) is 5.44. The molecule has 0 radical (unpaired) electrons. The van der Waals surface area contributed by atoms with Gasteiger partial charge in [0, 0.05) is 15.4 Å². The molecule has 96 valence electrons. The Labute approximate surface area is 116 Å². The van der Waals surface area contributed by atoms with Crippen molar-refractivity contribution < 1.29 is 9.53 Å². The van der Waals surface area contributed by atoms with Gasteiger partial charge in [0.2, 0.25) is 0 Å². The Morgan fingerprint density at radius 2 is 1.95 bits per heavy atom. The topological polar surface area (TPSA) is 38.3 Å². The molecule has 0 fully saturated rings. The lowest BCUT2D eigenvalue weighted by Gasteiger charge is -2.21. The number of ketones is 1. The fourth-order valence-corrected chi connectivity index (χ4v) is 3.01. The van der Waals surface area contributed by atoms with E-state index in [2.05, 4.69) is 5.32 Å². The summed E-state index contributed by atoms with van der Waals surface area (Å²) in [6.45, 7) is 1.58. The predicted molar refractivity (Wildman–Crippen MR) is 76.8 cm³/mol. The van der Waals surface area contributed by atoms with Crippen molar-refractivity contribution in [1.29, 1.82) is 0 Å². The van der Waals surface area contributed by atoms with Gasteiger partial charge in [-0.1, -0.05) is 17.8 Å². The summed E-state index contributed by atoms with van der Waals surface area (Å²) in [6.07, 6.45) is 0. The molecule has 1 aliphatic heterocycles. The molecule has 0 bridgehead atoms. The highest BCUT2D eigenvalue weighted by molar-refractivity contribution is 7.99. The standard InChI is InChI=1S/C15H13NO2S/c1-9(17)10-3-6-14-13(7-10)16-12-5-4-11(18-2)8-15(12)19-14/h3-8,16H,1-2H3. The third kappa shape index (κ3) is 2.19. The Hall–Kier alpha value is -1.94. The summed E-state index contributed by atoms with van der Waals surface area (Å²) in [6, 6.07) is 11.7. The van der Waals surface area contributed by atoms with Gasteiger partial charge in [-0.15, -0.1) is 0 Å². The molecule has 1 heterocycles. The van der Waals surface area contributed by atoms with E-state index in [9.17, 15) is 4.79 Å². The number of nitrogens with one attached hydrogen (secondary N) is 1. The largest absolute Gasteiger partial charge is 0.497 e. The molecule has 0 aromatic heterocycles. The van der Waals surface area contributed by atoms with Crippen molar-refractivity contribution in [1.82, 2.24) is 0 Å². The number of rotatable bonds is 2. The van der Waals surface area contributed by atoms with E-state index in [0.29, 0.717) is 0 Å². The first-order valence-corrected chi connectivity index (χ1v) is 6.77. The van der Waals surface area contributed by atoms with Crippen LogP contribution < -0.4 is 10.1 Å². The summed E-state index contributed by atoms with van der Waals surface area (Å²) in [5.41, 5.74) is 2.75. The number of hydrogen-bond donors (Lipinski definition) is 1. The number of benzene rings is 2. The van der Waals surface area contributed by atoms with Crippen LogP contribution in [0, 0.1) is 0 Å². The Balaban J connectivity index is 2.01. The van der Waals surface area contributed by atoms with Gasteiger partial charge in [-0.3, -0.25) is 4.79 Å². The van der Waals surface area contributed by atoms with Gasteiger partial charge in [0.25, 0.3) is 0 Å². The molecule has 1 N–H and O–H groups in total. The van der Waals surface area contributed by atoms with Crippen molar-refractivity contribution in [2.24, 2.45) is 0 Å². The molecule has 0 atom stereocenters. The quantitative estimate of drug-likeness (QED) is 0.712. The van der Waals surface area contributed by atoms with Crippen molar-refractivity contribution in [3.05, 3.63) is 42.0 Å². The molecule has 0 saturated carbocycles. The second kappa shape index (κ2) is 4.63. The van der Waals surface area contributed by atoms with Crippen LogP contribution in [0.2, 0.25) is 0 Å². The van der Waals surface area contributed by atoms with Gasteiger partial charge in [-0.25, -0.2) is 0 Å². The van der Waals surface area contributed by atoms with Crippen molar-refractivity contribution in [2.45, 2.75) is 16.7 Å². The minimum absolute atomic E-state index is 0.0788. The second-order valence-electron chi connectivity index (χ2n) is 4.36. The minimum atomic E-state index is 0.0788. The first-order valence-electron chi connectivity index (χ1n) is 5.95. The van der Waals surface area contributed by atoms with Crippen LogP contribution in [0.15, 0.2) is 46.2 Å². The van der Waals surface area contributed by atoms with Crippen LogP contribution in [0.3, 0.4) is 0 Å². The maximum atomic E-state index is 11.4. The molecule has 0 unspecified atom stereocenters. The van der Waals surface area contributed by atoms with Crippen LogP contribution in [0.1, 0.15) is 17.3 Å². The first-order chi connectivity index (χ1) is 9.17. The van der Waals surface area contributed by atoms with Gasteiger partial charge in [-0.2, -0.15) is 0 Å². The van der Waals surface area contributed by atoms with Crippen LogP contribution in [0.25, 0.3) is 0 Å². The molecule has 0 aliphatic carbocycles. The predicted octanol–water partition coefficient (Wildman–Crippen LogP) is 4.11. The van der Waals surface area contributed by atoms with Gasteiger partial charge in [0.05, 0.1) is 18.5 Å². The van der Waals surface area contributed by atoms with E-state index in [0.717, 1.165) is 32.5 Å². The third-order valence-electron chi connectivity index (χ3n) is 3.06. The molecular formula is C15H13NO2S. The lowest BCUT2D eigenvalue weighted by molar-refractivity contribution is 0.101. The summed E-state index contributed by atoms with van der Waals surface area (Å²) >= 11 is 1.68. The number of ether oxygens (including phenoxy) is 1. The van der Waals surface area contributed by atoms with Crippen LogP contribution in [0.4, 0.5) is 11.4 Å². The zero-order valence-electron chi connectivity index (χ0n) is 10.7. The molecule has 1 aliphatic rings. The van der Waals surface area contributed by atoms with Crippen LogP contribution in [-0.4, -0.2) is 12.9 Å². The summed E-state index contributed by atoms with van der Waals surface area (Å²) in [5, 5.41) is 3.36. The van der Waals surface area contributed by atoms with E-state index in [1.54, 1.807) is 25.8 Å². The molecule has 4 heteroatoms. The fraction of sp³-hybridized carbons (Fsp3) is 0.133. The molecule has 0 spiro atoms. The molecule has 2 aromatic rings. The number of hydrogen-bond acceptors (Lipinski definition) is 4. The SMILES string of the molecule is COc1ccc2c(c1)Sc1ccc(C(C)=O)cc1N2. The number of Topliss-reactive ketones (excluding diaryl/α,β-unsaturated/α-hetero) is 1. The summed E-state index contributed by atoms with van der Waals surface area (Å²) in [4.78, 5) is 13.7. The highest BCUT2D eigenvalue weighted by Gasteiger charge is 2.17. The van der Waals surface area contributed by atoms with E-state index < -0.39 is 0 Å². The summed E-state index contributed by atoms with van der Waals surface area (Å²) < 4.78 is 5.23. The zero-order valence-corrected chi connectivity index (χ0v) is 11.5. The van der Waals surface area contributed by atoms with E-state index in [4.69, 9.17) is 4.74 Å². The summed E-state index contributed by atoms with van der Waals surface area (Å²) in [7, 11) is 1.66. The highest BCUT2D eigenvalue weighted by atomic mass is 32.2. The van der Waals surface area contributed by atoms with E-state index in [1.807, 2.05) is 36.4 Å². The van der Waals surface area contributed by atoms with Gasteiger partial charge in [0.1, 0.15) is 5.75 Å². The molecule has 2 aromatic carbocycles. The average Bonchev–Trinajstić information content (AvgIpc) is 2.43. The fourth-order valence-electron chi connectivity index (χ4n) is 2.02. The Bertz CT molecular complexity index is 667. The minimum Gasteiger partial charge on any atom is -0.497 e. The molecule has 19 heavy (non-hydrogen) atoms. The Morgan fingerprint density at radius 1 is 1.11 bits per heavy atom. The normalized spacial score (nSPS) is 12.1. The lowest BCUT2D eigenvalue weighted by atomic mass is 10.1. The average molecular weight is 271 g/mol. The van der Waals surface area contributed by atoms with E-state index >= 15 is 0 Å². The molecule has 3 nitrogen and oxygen atoms in total. The Kier molecular flexibility index (Phi) is 2.95. The summed E-state index contributed by atoms with van der Waals surface area (Å²) in [5.74, 6) is 0.923. The number of fused-ring (bicyclic) bond motifs is 2. The van der Waals surface area contributed by atoms with E-state index in [-0.39, 0.29) is 5.78 Å². The van der Waals surface area contributed by atoms with Gasteiger partial charge in [-0.05, 0) is 37.3 Å².